The van der Waals surface area contributed by atoms with Gasteiger partial charge >= 0.3 is 0 Å². The predicted molar refractivity (Wildman–Crippen MR) is 121 cm³/mol. The van der Waals surface area contributed by atoms with Crippen LogP contribution in [0.4, 0.5) is 0 Å². The molecule has 2 heteroatoms. The van der Waals surface area contributed by atoms with Crippen LogP contribution < -0.4 is 21.2 Å². The van der Waals surface area contributed by atoms with Crippen molar-refractivity contribution < 1.29 is 4.42 Å². The topological polar surface area (TPSA) is 13.1 Å². The summed E-state index contributed by atoms with van der Waals surface area (Å²) in [5.74, 6) is 0. The Kier molecular flexibility index (Phi) is 4.31. The van der Waals surface area contributed by atoms with Crippen molar-refractivity contribution in [3.8, 4) is 0 Å². The van der Waals surface area contributed by atoms with E-state index in [9.17, 15) is 0 Å². The van der Waals surface area contributed by atoms with Crippen molar-refractivity contribution in [2.45, 2.75) is 0 Å². The largest absolute Gasteiger partial charge is 0.460 e. The second kappa shape index (κ2) is 7.11. The number of benzene rings is 4. The number of para-hydroxylation sites is 1. The van der Waals surface area contributed by atoms with Gasteiger partial charge in [0, 0.05) is 5.39 Å². The van der Waals surface area contributed by atoms with Crippen molar-refractivity contribution >= 4 is 39.4 Å². The zero-order valence-corrected chi connectivity index (χ0v) is 16.3. The fourth-order valence-corrected chi connectivity index (χ4v) is 8.44. The maximum Gasteiger partial charge on any atom is 0.177 e. The molecule has 0 amide bonds. The second-order valence-corrected chi connectivity index (χ2v) is 10.2. The van der Waals surface area contributed by atoms with E-state index in [4.69, 9.17) is 4.42 Å². The Bertz CT molecular complexity index is 1100. The maximum atomic E-state index is 6.05. The van der Waals surface area contributed by atoms with Crippen molar-refractivity contribution in [3.05, 3.63) is 122 Å². The zero-order valence-electron chi connectivity index (χ0n) is 15.4. The normalized spacial score (nSPS) is 11.6. The Morgan fingerprint density at radius 2 is 0.964 bits per heavy atom. The van der Waals surface area contributed by atoms with E-state index >= 15 is 0 Å². The molecule has 28 heavy (non-hydrogen) atoms. The first kappa shape index (κ1) is 17.0. The third-order valence-electron chi connectivity index (χ3n) is 5.25. The van der Waals surface area contributed by atoms with Crippen LogP contribution in [0.25, 0.3) is 11.0 Å². The Labute approximate surface area is 165 Å². The molecule has 1 aromatic heterocycles. The quantitative estimate of drug-likeness (QED) is 0.398. The summed E-state index contributed by atoms with van der Waals surface area (Å²) in [6, 6.07) is 41.2. The lowest BCUT2D eigenvalue weighted by Crippen LogP contribution is -2.38. The first-order valence-corrected chi connectivity index (χ1v) is 11.2. The Balaban J connectivity index is 1.98. The fraction of sp³-hybridized carbons (Fsp3) is 0. The molecule has 0 aliphatic carbocycles. The summed E-state index contributed by atoms with van der Waals surface area (Å²) in [5, 5.41) is 6.40. The van der Waals surface area contributed by atoms with E-state index in [1.165, 1.54) is 21.2 Å². The van der Waals surface area contributed by atoms with Gasteiger partial charge in [-0.3, -0.25) is 0 Å². The van der Waals surface area contributed by atoms with Crippen molar-refractivity contribution in [2.75, 3.05) is 0 Å². The molecule has 0 spiro atoms. The van der Waals surface area contributed by atoms with Gasteiger partial charge in [0.1, 0.15) is 23.2 Å². The number of hydrogen-bond donors (Lipinski definition) is 0. The molecule has 4 aromatic carbocycles. The molecule has 0 N–H and O–H groups in total. The summed E-state index contributed by atoms with van der Waals surface area (Å²) in [7, 11) is -2.11. The molecular weight excluding hydrogens is 359 g/mol. The van der Waals surface area contributed by atoms with Gasteiger partial charge in [-0.25, -0.2) is 0 Å². The van der Waals surface area contributed by atoms with Gasteiger partial charge in [0.15, 0.2) is 10.9 Å². The monoisotopic (exact) mass is 379 g/mol. The van der Waals surface area contributed by atoms with Gasteiger partial charge in [-0.2, -0.15) is 0 Å². The third-order valence-corrected chi connectivity index (χ3v) is 9.54. The predicted octanol–water partition coefficient (Wildman–Crippen LogP) is 5.05. The minimum absolute atomic E-state index is 0.979. The molecule has 0 saturated carbocycles. The van der Waals surface area contributed by atoms with Crippen molar-refractivity contribution in [2.24, 2.45) is 0 Å². The molecule has 0 unspecified atom stereocenters. The molecular formula is C26H20OP+. The van der Waals surface area contributed by atoms with Gasteiger partial charge in [-0.1, -0.05) is 66.7 Å². The summed E-state index contributed by atoms with van der Waals surface area (Å²) in [6.45, 7) is 0. The summed E-state index contributed by atoms with van der Waals surface area (Å²) in [6.07, 6.45) is 1.80. The Hall–Kier alpha value is -3.15. The minimum Gasteiger partial charge on any atom is -0.460 e. The summed E-state index contributed by atoms with van der Waals surface area (Å²) >= 11 is 0. The highest BCUT2D eigenvalue weighted by molar-refractivity contribution is 8.01. The fourth-order valence-electron chi connectivity index (χ4n) is 4.06. The number of furan rings is 1. The van der Waals surface area contributed by atoms with Crippen LogP contribution in [0.2, 0.25) is 0 Å². The third kappa shape index (κ3) is 2.59. The molecule has 0 saturated heterocycles. The van der Waals surface area contributed by atoms with Crippen LogP contribution in [0.15, 0.2) is 126 Å². The molecule has 5 aromatic rings. The lowest BCUT2D eigenvalue weighted by molar-refractivity contribution is 0.618. The molecule has 0 radical (unpaired) electrons. The lowest BCUT2D eigenvalue weighted by atomic mass is 10.3. The summed E-state index contributed by atoms with van der Waals surface area (Å²) < 4.78 is 6.05. The van der Waals surface area contributed by atoms with Crippen molar-refractivity contribution in [3.63, 3.8) is 0 Å². The molecule has 5 rings (SSSR count). The van der Waals surface area contributed by atoms with E-state index < -0.39 is 7.26 Å². The van der Waals surface area contributed by atoms with Crippen LogP contribution in [0.5, 0.6) is 0 Å². The van der Waals surface area contributed by atoms with E-state index in [0.717, 1.165) is 11.0 Å². The lowest BCUT2D eigenvalue weighted by Gasteiger charge is -2.27. The van der Waals surface area contributed by atoms with Crippen LogP contribution in [0, 0.1) is 0 Å². The molecule has 0 aliphatic rings. The maximum absolute atomic E-state index is 6.05. The van der Waals surface area contributed by atoms with Crippen LogP contribution in [0.1, 0.15) is 0 Å². The van der Waals surface area contributed by atoms with Crippen molar-refractivity contribution in [1.29, 1.82) is 0 Å². The van der Waals surface area contributed by atoms with E-state index in [1.807, 2.05) is 0 Å². The van der Waals surface area contributed by atoms with Gasteiger partial charge in [0.05, 0.1) is 6.26 Å². The Morgan fingerprint density at radius 3 is 1.46 bits per heavy atom. The van der Waals surface area contributed by atoms with Crippen molar-refractivity contribution in [1.82, 2.24) is 0 Å². The molecule has 0 fully saturated rings. The molecule has 134 valence electrons. The summed E-state index contributed by atoms with van der Waals surface area (Å²) in [4.78, 5) is 0. The molecule has 0 atom stereocenters. The minimum atomic E-state index is -2.11. The van der Waals surface area contributed by atoms with Gasteiger partial charge < -0.3 is 4.42 Å². The van der Waals surface area contributed by atoms with E-state index in [2.05, 4.69) is 115 Å². The van der Waals surface area contributed by atoms with E-state index in [0.29, 0.717) is 0 Å². The summed E-state index contributed by atoms with van der Waals surface area (Å²) in [5.41, 5.74) is 0.979. The van der Waals surface area contributed by atoms with Gasteiger partial charge in [0.25, 0.3) is 0 Å². The van der Waals surface area contributed by atoms with Crippen LogP contribution in [0.3, 0.4) is 0 Å². The van der Waals surface area contributed by atoms with E-state index in [-0.39, 0.29) is 0 Å². The first-order valence-electron chi connectivity index (χ1n) is 9.43. The zero-order chi connectivity index (χ0) is 18.8. The van der Waals surface area contributed by atoms with Crippen LogP contribution >= 0.6 is 7.26 Å². The first-order chi connectivity index (χ1) is 13.9. The van der Waals surface area contributed by atoms with Gasteiger partial charge in [-0.05, 0) is 48.5 Å². The van der Waals surface area contributed by atoms with Gasteiger partial charge in [0.2, 0.25) is 0 Å². The highest BCUT2D eigenvalue weighted by atomic mass is 31.2. The smallest absolute Gasteiger partial charge is 0.177 e. The van der Waals surface area contributed by atoms with Crippen LogP contribution in [-0.2, 0) is 0 Å². The average Bonchev–Trinajstić information content (AvgIpc) is 3.26. The Morgan fingerprint density at radius 1 is 0.464 bits per heavy atom. The average molecular weight is 379 g/mol. The van der Waals surface area contributed by atoms with Gasteiger partial charge in [-0.15, -0.1) is 0 Å². The van der Waals surface area contributed by atoms with E-state index in [1.54, 1.807) is 6.26 Å². The molecule has 0 bridgehead atoms. The highest BCUT2D eigenvalue weighted by Gasteiger charge is 2.49. The second-order valence-electron chi connectivity index (χ2n) is 6.79. The molecule has 1 nitrogen and oxygen atoms in total. The standard InChI is InChI=1S/C26H20OP/c1-4-12-22(13-5-1)28(23-14-6-2-7-15-23,24-16-8-3-9-17-24)25-18-10-11-21-19-20-27-26(21)25/h1-20H/q+1. The highest BCUT2D eigenvalue weighted by Crippen LogP contribution is 2.55. The molecule has 0 aliphatic heterocycles. The number of hydrogen-bond acceptors (Lipinski definition) is 1. The number of rotatable bonds is 4. The SMILES string of the molecule is c1ccc([P+](c2ccccc2)(c2ccccc2)c2cccc3ccoc23)cc1. The number of fused-ring (bicyclic) bond motifs is 1. The van der Waals surface area contributed by atoms with Crippen LogP contribution in [-0.4, -0.2) is 0 Å². The molecule has 1 heterocycles.